The first-order valence-corrected chi connectivity index (χ1v) is 6.86. The zero-order valence-corrected chi connectivity index (χ0v) is 10.9. The fourth-order valence-electron chi connectivity index (χ4n) is 2.44. The van der Waals surface area contributed by atoms with Gasteiger partial charge in [0.2, 0.25) is 0 Å². The molecule has 1 aliphatic heterocycles. The van der Waals surface area contributed by atoms with Gasteiger partial charge in [-0.1, -0.05) is 6.42 Å². The maximum Gasteiger partial charge on any atom is 0.176 e. The van der Waals surface area contributed by atoms with Crippen molar-refractivity contribution < 1.29 is 0 Å². The molecule has 1 aliphatic rings. The average molecular weight is 257 g/mol. The molecule has 100 valence electrons. The van der Waals surface area contributed by atoms with Crippen LogP contribution in [-0.4, -0.2) is 33.9 Å². The minimum atomic E-state index is 0.555. The number of hydrogen-bond acceptors (Lipinski definition) is 4. The van der Waals surface area contributed by atoms with Gasteiger partial charge in [0.1, 0.15) is 0 Å². The van der Waals surface area contributed by atoms with Crippen LogP contribution in [0.5, 0.6) is 0 Å². The van der Waals surface area contributed by atoms with Crippen LogP contribution in [0.3, 0.4) is 0 Å². The molecule has 0 aromatic carbocycles. The number of pyridine rings is 1. The fourth-order valence-corrected chi connectivity index (χ4v) is 2.44. The van der Waals surface area contributed by atoms with Crippen LogP contribution >= 0.6 is 0 Å². The van der Waals surface area contributed by atoms with E-state index < -0.39 is 0 Å². The zero-order chi connectivity index (χ0) is 12.9. The van der Waals surface area contributed by atoms with Gasteiger partial charge in [0.25, 0.3) is 0 Å². The zero-order valence-electron chi connectivity index (χ0n) is 10.9. The molecule has 0 bridgehead atoms. The first-order valence-electron chi connectivity index (χ1n) is 6.86. The third-order valence-electron chi connectivity index (χ3n) is 3.46. The number of nitrogens with one attached hydrogen (secondary N) is 2. The van der Waals surface area contributed by atoms with E-state index >= 15 is 0 Å². The van der Waals surface area contributed by atoms with Crippen molar-refractivity contribution in [3.8, 4) is 5.82 Å². The van der Waals surface area contributed by atoms with E-state index in [1.165, 1.54) is 19.3 Å². The summed E-state index contributed by atoms with van der Waals surface area (Å²) >= 11 is 0. The number of piperidine rings is 1. The molecule has 3 heterocycles. The Labute approximate surface area is 113 Å². The number of anilines is 1. The molecule has 2 aromatic heterocycles. The van der Waals surface area contributed by atoms with Crippen molar-refractivity contribution in [1.29, 1.82) is 0 Å². The molecule has 2 aromatic rings. The molecule has 0 saturated carbocycles. The van der Waals surface area contributed by atoms with E-state index in [0.29, 0.717) is 6.04 Å². The highest BCUT2D eigenvalue weighted by Crippen LogP contribution is 2.17. The van der Waals surface area contributed by atoms with Crippen molar-refractivity contribution in [2.75, 3.05) is 18.4 Å². The second kappa shape index (κ2) is 5.84. The number of rotatable bonds is 4. The third-order valence-corrected chi connectivity index (χ3v) is 3.46. The molecule has 1 saturated heterocycles. The predicted molar refractivity (Wildman–Crippen MR) is 75.5 cm³/mol. The monoisotopic (exact) mass is 257 g/mol. The van der Waals surface area contributed by atoms with Crippen LogP contribution in [0, 0.1) is 0 Å². The van der Waals surface area contributed by atoms with Crippen molar-refractivity contribution in [1.82, 2.24) is 20.1 Å². The van der Waals surface area contributed by atoms with E-state index in [2.05, 4.69) is 20.7 Å². The van der Waals surface area contributed by atoms with Crippen LogP contribution in [0.4, 0.5) is 5.69 Å². The summed E-state index contributed by atoms with van der Waals surface area (Å²) in [6.45, 7) is 2.06. The Kier molecular flexibility index (Phi) is 3.74. The Morgan fingerprint density at radius 2 is 2.32 bits per heavy atom. The second-order valence-corrected chi connectivity index (χ2v) is 4.85. The SMILES string of the molecule is c1cnc(-n2cccn2)c(NCC2CCCCN2)c1. The van der Waals surface area contributed by atoms with Gasteiger partial charge in [0, 0.05) is 31.2 Å². The number of hydrogen-bond donors (Lipinski definition) is 2. The summed E-state index contributed by atoms with van der Waals surface area (Å²) in [5.41, 5.74) is 1.03. The Morgan fingerprint density at radius 3 is 3.11 bits per heavy atom. The predicted octanol–water partition coefficient (Wildman–Crippen LogP) is 1.82. The maximum atomic E-state index is 4.40. The normalized spacial score (nSPS) is 19.3. The summed E-state index contributed by atoms with van der Waals surface area (Å²) in [4.78, 5) is 4.40. The van der Waals surface area contributed by atoms with Crippen LogP contribution in [0.2, 0.25) is 0 Å². The van der Waals surface area contributed by atoms with Crippen LogP contribution in [0.15, 0.2) is 36.8 Å². The van der Waals surface area contributed by atoms with Gasteiger partial charge < -0.3 is 10.6 Å². The lowest BCUT2D eigenvalue weighted by molar-refractivity contribution is 0.414. The van der Waals surface area contributed by atoms with Gasteiger partial charge in [-0.05, 0) is 37.6 Å². The molecule has 3 rings (SSSR count). The van der Waals surface area contributed by atoms with Crippen LogP contribution in [0.1, 0.15) is 19.3 Å². The summed E-state index contributed by atoms with van der Waals surface area (Å²) in [7, 11) is 0. The molecule has 0 radical (unpaired) electrons. The molecule has 19 heavy (non-hydrogen) atoms. The molecule has 1 fully saturated rings. The average Bonchev–Trinajstić information content (AvgIpc) is 3.01. The van der Waals surface area contributed by atoms with Crippen molar-refractivity contribution in [3.63, 3.8) is 0 Å². The largest absolute Gasteiger partial charge is 0.380 e. The van der Waals surface area contributed by atoms with Gasteiger partial charge in [-0.15, -0.1) is 0 Å². The van der Waals surface area contributed by atoms with Gasteiger partial charge in [-0.3, -0.25) is 0 Å². The van der Waals surface area contributed by atoms with Crippen LogP contribution < -0.4 is 10.6 Å². The second-order valence-electron chi connectivity index (χ2n) is 4.85. The van der Waals surface area contributed by atoms with Crippen LogP contribution in [0.25, 0.3) is 5.82 Å². The van der Waals surface area contributed by atoms with Gasteiger partial charge in [-0.25, -0.2) is 9.67 Å². The van der Waals surface area contributed by atoms with E-state index in [1.54, 1.807) is 17.1 Å². The van der Waals surface area contributed by atoms with Gasteiger partial charge in [-0.2, -0.15) is 5.10 Å². The molecule has 0 aliphatic carbocycles. The highest BCUT2D eigenvalue weighted by Gasteiger charge is 2.13. The minimum Gasteiger partial charge on any atom is -0.380 e. The lowest BCUT2D eigenvalue weighted by atomic mass is 10.1. The fraction of sp³-hybridized carbons (Fsp3) is 0.429. The molecule has 0 spiro atoms. The van der Waals surface area contributed by atoms with Gasteiger partial charge >= 0.3 is 0 Å². The summed E-state index contributed by atoms with van der Waals surface area (Å²) in [5.74, 6) is 0.850. The Balaban J connectivity index is 1.70. The molecular formula is C14H19N5. The maximum absolute atomic E-state index is 4.40. The summed E-state index contributed by atoms with van der Waals surface area (Å²) < 4.78 is 1.79. The Morgan fingerprint density at radius 1 is 1.32 bits per heavy atom. The Hall–Kier alpha value is -1.88. The molecule has 1 unspecified atom stereocenters. The molecular weight excluding hydrogens is 238 g/mol. The van der Waals surface area contributed by atoms with Crippen molar-refractivity contribution >= 4 is 5.69 Å². The Bertz CT molecular complexity index is 502. The van der Waals surface area contributed by atoms with E-state index in [4.69, 9.17) is 0 Å². The van der Waals surface area contributed by atoms with Crippen molar-refractivity contribution in [2.24, 2.45) is 0 Å². The molecule has 5 heteroatoms. The minimum absolute atomic E-state index is 0.555. The molecule has 1 atom stereocenters. The van der Waals surface area contributed by atoms with E-state index in [9.17, 15) is 0 Å². The molecule has 2 N–H and O–H groups in total. The number of aromatic nitrogens is 3. The summed E-state index contributed by atoms with van der Waals surface area (Å²) in [5, 5.41) is 11.3. The van der Waals surface area contributed by atoms with E-state index in [1.807, 2.05) is 24.4 Å². The highest BCUT2D eigenvalue weighted by atomic mass is 15.3. The highest BCUT2D eigenvalue weighted by molar-refractivity contribution is 5.56. The first kappa shape index (κ1) is 12.2. The standard InChI is InChI=1S/C14H19N5/c1-2-7-15-12(5-1)11-17-13-6-3-8-16-14(13)19-10-4-9-18-19/h3-4,6,8-10,12,15,17H,1-2,5,7,11H2. The third kappa shape index (κ3) is 2.93. The van der Waals surface area contributed by atoms with Crippen molar-refractivity contribution in [3.05, 3.63) is 36.8 Å². The van der Waals surface area contributed by atoms with Gasteiger partial charge in [0.05, 0.1) is 5.69 Å². The summed E-state index contributed by atoms with van der Waals surface area (Å²) in [6.07, 6.45) is 9.32. The summed E-state index contributed by atoms with van der Waals surface area (Å²) in [6, 6.07) is 6.46. The first-order chi connectivity index (χ1) is 9.43. The van der Waals surface area contributed by atoms with Crippen molar-refractivity contribution in [2.45, 2.75) is 25.3 Å². The lowest BCUT2D eigenvalue weighted by Gasteiger charge is -2.24. The molecule has 5 nitrogen and oxygen atoms in total. The van der Waals surface area contributed by atoms with E-state index in [-0.39, 0.29) is 0 Å². The smallest absolute Gasteiger partial charge is 0.176 e. The van der Waals surface area contributed by atoms with Gasteiger partial charge in [0.15, 0.2) is 5.82 Å². The van der Waals surface area contributed by atoms with Crippen LogP contribution in [-0.2, 0) is 0 Å². The quantitative estimate of drug-likeness (QED) is 0.877. The van der Waals surface area contributed by atoms with E-state index in [0.717, 1.165) is 24.6 Å². The lowest BCUT2D eigenvalue weighted by Crippen LogP contribution is -2.39. The topological polar surface area (TPSA) is 54.8 Å². The molecule has 0 amide bonds. The number of nitrogens with zero attached hydrogens (tertiary/aromatic N) is 3.